The quantitative estimate of drug-likeness (QED) is 0.496. The van der Waals surface area contributed by atoms with Crippen LogP contribution in [0.2, 0.25) is 0 Å². The summed E-state index contributed by atoms with van der Waals surface area (Å²) in [7, 11) is 3.62. The van der Waals surface area contributed by atoms with Crippen molar-refractivity contribution in [1.82, 2.24) is 9.88 Å². The number of carbonyl (C=O) groups is 1. The normalized spacial score (nSPS) is 10.3. The average Bonchev–Trinajstić information content (AvgIpc) is 2.15. The molecule has 0 radical (unpaired) electrons. The van der Waals surface area contributed by atoms with Crippen LogP contribution >= 0.6 is 0 Å². The molecule has 0 fully saturated rings. The van der Waals surface area contributed by atoms with E-state index in [9.17, 15) is 4.79 Å². The Balaban J connectivity index is 2.70. The van der Waals surface area contributed by atoms with E-state index in [-0.39, 0.29) is 5.91 Å². The SMILES string of the molecule is CN(C)/C=N/C(=O)c1ccncc1. The van der Waals surface area contributed by atoms with E-state index in [4.69, 9.17) is 0 Å². The van der Waals surface area contributed by atoms with Gasteiger partial charge in [0.2, 0.25) is 0 Å². The predicted molar refractivity (Wildman–Crippen MR) is 50.7 cm³/mol. The second-order valence-corrected chi connectivity index (χ2v) is 2.75. The zero-order chi connectivity index (χ0) is 9.68. The molecule has 1 aromatic rings. The second kappa shape index (κ2) is 4.35. The highest BCUT2D eigenvalue weighted by molar-refractivity contribution is 5.98. The van der Waals surface area contributed by atoms with E-state index in [0.717, 1.165) is 0 Å². The molecular weight excluding hydrogens is 166 g/mol. The first-order chi connectivity index (χ1) is 6.20. The number of aromatic nitrogens is 1. The maximum atomic E-state index is 11.3. The van der Waals surface area contributed by atoms with Gasteiger partial charge in [-0.1, -0.05) is 0 Å². The van der Waals surface area contributed by atoms with E-state index in [1.807, 2.05) is 14.1 Å². The molecule has 0 bridgehead atoms. The molecule has 13 heavy (non-hydrogen) atoms. The number of rotatable bonds is 2. The predicted octanol–water partition coefficient (Wildman–Crippen LogP) is 0.812. The molecular formula is C9H11N3O. The molecule has 4 nitrogen and oxygen atoms in total. The van der Waals surface area contributed by atoms with E-state index in [2.05, 4.69) is 9.98 Å². The van der Waals surface area contributed by atoms with Crippen LogP contribution in [0.5, 0.6) is 0 Å². The van der Waals surface area contributed by atoms with E-state index in [1.165, 1.54) is 6.34 Å². The lowest BCUT2D eigenvalue weighted by molar-refractivity contribution is 0.100. The Kier molecular flexibility index (Phi) is 3.14. The first-order valence-electron chi connectivity index (χ1n) is 3.85. The van der Waals surface area contributed by atoms with Crippen LogP contribution < -0.4 is 0 Å². The summed E-state index contributed by atoms with van der Waals surface area (Å²) < 4.78 is 0. The molecule has 1 amide bonds. The maximum Gasteiger partial charge on any atom is 0.278 e. The zero-order valence-corrected chi connectivity index (χ0v) is 7.64. The van der Waals surface area contributed by atoms with E-state index >= 15 is 0 Å². The summed E-state index contributed by atoms with van der Waals surface area (Å²) >= 11 is 0. The van der Waals surface area contributed by atoms with Gasteiger partial charge in [-0.2, -0.15) is 4.99 Å². The van der Waals surface area contributed by atoms with E-state index in [0.29, 0.717) is 5.56 Å². The minimum atomic E-state index is -0.254. The van der Waals surface area contributed by atoms with Gasteiger partial charge in [-0.25, -0.2) is 0 Å². The first-order valence-corrected chi connectivity index (χ1v) is 3.85. The minimum Gasteiger partial charge on any atom is -0.369 e. The molecule has 68 valence electrons. The Morgan fingerprint density at radius 2 is 2.08 bits per heavy atom. The molecule has 1 rings (SSSR count). The fourth-order valence-corrected chi connectivity index (χ4v) is 0.737. The number of amides is 1. The van der Waals surface area contributed by atoms with Gasteiger partial charge >= 0.3 is 0 Å². The second-order valence-electron chi connectivity index (χ2n) is 2.75. The number of aliphatic imine (C=N–C) groups is 1. The number of carbonyl (C=O) groups excluding carboxylic acids is 1. The minimum absolute atomic E-state index is 0.254. The molecule has 1 aromatic heterocycles. The van der Waals surface area contributed by atoms with Gasteiger partial charge in [0.15, 0.2) is 0 Å². The van der Waals surface area contributed by atoms with Crippen LogP contribution in [-0.2, 0) is 0 Å². The van der Waals surface area contributed by atoms with Crippen molar-refractivity contribution in [3.8, 4) is 0 Å². The van der Waals surface area contributed by atoms with Crippen LogP contribution in [0.3, 0.4) is 0 Å². The molecule has 0 unspecified atom stereocenters. The molecule has 0 N–H and O–H groups in total. The van der Waals surface area contributed by atoms with Crippen LogP contribution in [0.4, 0.5) is 0 Å². The van der Waals surface area contributed by atoms with Crippen molar-refractivity contribution in [1.29, 1.82) is 0 Å². The van der Waals surface area contributed by atoms with Crippen molar-refractivity contribution in [2.45, 2.75) is 0 Å². The summed E-state index contributed by atoms with van der Waals surface area (Å²) in [5, 5.41) is 0. The fourth-order valence-electron chi connectivity index (χ4n) is 0.737. The molecule has 0 aliphatic carbocycles. The first kappa shape index (κ1) is 9.38. The van der Waals surface area contributed by atoms with Crippen LogP contribution in [0.25, 0.3) is 0 Å². The lowest BCUT2D eigenvalue weighted by atomic mass is 10.3. The van der Waals surface area contributed by atoms with Gasteiger partial charge in [0.05, 0.1) is 6.34 Å². The van der Waals surface area contributed by atoms with Crippen LogP contribution in [0, 0.1) is 0 Å². The molecule has 0 aromatic carbocycles. The van der Waals surface area contributed by atoms with E-state index in [1.54, 1.807) is 29.4 Å². The Morgan fingerprint density at radius 3 is 2.62 bits per heavy atom. The van der Waals surface area contributed by atoms with Crippen molar-refractivity contribution in [3.63, 3.8) is 0 Å². The van der Waals surface area contributed by atoms with Crippen molar-refractivity contribution in [3.05, 3.63) is 30.1 Å². The van der Waals surface area contributed by atoms with E-state index < -0.39 is 0 Å². The number of pyridine rings is 1. The smallest absolute Gasteiger partial charge is 0.278 e. The standard InChI is InChI=1S/C9H11N3O/c1-12(2)7-11-9(13)8-3-5-10-6-4-8/h3-7H,1-2H3/b11-7+. The molecule has 4 heteroatoms. The third-order valence-corrected chi connectivity index (χ3v) is 1.33. The molecule has 0 aliphatic heterocycles. The van der Waals surface area contributed by atoms with Crippen LogP contribution in [0.15, 0.2) is 29.5 Å². The average molecular weight is 177 g/mol. The van der Waals surface area contributed by atoms with Gasteiger partial charge in [-0.3, -0.25) is 9.78 Å². The molecule has 0 aliphatic rings. The third kappa shape index (κ3) is 3.02. The summed E-state index contributed by atoms with van der Waals surface area (Å²) in [4.78, 5) is 20.5. The van der Waals surface area contributed by atoms with Gasteiger partial charge < -0.3 is 4.90 Å². The zero-order valence-electron chi connectivity index (χ0n) is 7.64. The summed E-state index contributed by atoms with van der Waals surface area (Å²) in [6.45, 7) is 0. The topological polar surface area (TPSA) is 45.6 Å². The van der Waals surface area contributed by atoms with Crippen LogP contribution in [-0.4, -0.2) is 36.2 Å². The Bertz CT molecular complexity index is 306. The fraction of sp³-hybridized carbons (Fsp3) is 0.222. The highest BCUT2D eigenvalue weighted by atomic mass is 16.1. The molecule has 0 saturated carbocycles. The Hall–Kier alpha value is -1.71. The van der Waals surface area contributed by atoms with Crippen molar-refractivity contribution in [2.24, 2.45) is 4.99 Å². The summed E-state index contributed by atoms with van der Waals surface area (Å²) in [5.41, 5.74) is 0.549. The maximum absolute atomic E-state index is 11.3. The Labute approximate surface area is 76.9 Å². The summed E-state index contributed by atoms with van der Waals surface area (Å²) in [6, 6.07) is 3.27. The third-order valence-electron chi connectivity index (χ3n) is 1.33. The molecule has 0 spiro atoms. The van der Waals surface area contributed by atoms with Crippen molar-refractivity contribution >= 4 is 12.2 Å². The van der Waals surface area contributed by atoms with Gasteiger partial charge in [0.1, 0.15) is 0 Å². The van der Waals surface area contributed by atoms with Crippen molar-refractivity contribution < 1.29 is 4.79 Å². The lowest BCUT2D eigenvalue weighted by Crippen LogP contribution is -2.09. The Morgan fingerprint density at radius 1 is 1.46 bits per heavy atom. The monoisotopic (exact) mass is 177 g/mol. The number of nitrogens with zero attached hydrogens (tertiary/aromatic N) is 3. The highest BCUT2D eigenvalue weighted by Gasteiger charge is 2.00. The van der Waals surface area contributed by atoms with Crippen molar-refractivity contribution in [2.75, 3.05) is 14.1 Å². The number of hydrogen-bond donors (Lipinski definition) is 0. The molecule has 0 saturated heterocycles. The summed E-state index contributed by atoms with van der Waals surface area (Å²) in [6.07, 6.45) is 4.61. The van der Waals surface area contributed by atoms with Gasteiger partial charge in [-0.15, -0.1) is 0 Å². The van der Waals surface area contributed by atoms with Crippen LogP contribution in [0.1, 0.15) is 10.4 Å². The van der Waals surface area contributed by atoms with Gasteiger partial charge in [0.25, 0.3) is 5.91 Å². The molecule has 0 atom stereocenters. The highest BCUT2D eigenvalue weighted by Crippen LogP contribution is 1.97. The lowest BCUT2D eigenvalue weighted by Gasteiger charge is -2.01. The van der Waals surface area contributed by atoms with Gasteiger partial charge in [-0.05, 0) is 12.1 Å². The summed E-state index contributed by atoms with van der Waals surface area (Å²) in [5.74, 6) is -0.254. The van der Waals surface area contributed by atoms with Gasteiger partial charge in [0, 0.05) is 32.1 Å². The molecule has 1 heterocycles. The number of hydrogen-bond acceptors (Lipinski definition) is 2. The largest absolute Gasteiger partial charge is 0.369 e.